The average molecular weight is 272 g/mol. The molecule has 20 heavy (non-hydrogen) atoms. The van der Waals surface area contributed by atoms with E-state index in [-0.39, 0.29) is 6.10 Å². The van der Waals surface area contributed by atoms with Gasteiger partial charge in [-0.05, 0) is 19.2 Å². The Kier molecular flexibility index (Phi) is 3.60. The van der Waals surface area contributed by atoms with E-state index in [1.54, 1.807) is 0 Å². The molecule has 1 aliphatic rings. The molecule has 0 spiro atoms. The molecule has 2 heterocycles. The van der Waals surface area contributed by atoms with Crippen molar-refractivity contribution in [3.05, 3.63) is 42.5 Å². The van der Waals surface area contributed by atoms with E-state index < -0.39 is 0 Å². The molecule has 1 N–H and O–H groups in total. The molecule has 0 bridgehead atoms. The van der Waals surface area contributed by atoms with Gasteiger partial charge >= 0.3 is 0 Å². The van der Waals surface area contributed by atoms with Gasteiger partial charge in [-0.2, -0.15) is 0 Å². The number of hydrogen-bond donors (Lipinski definition) is 1. The number of ether oxygens (including phenoxy) is 1. The maximum absolute atomic E-state index is 6.02. The van der Waals surface area contributed by atoms with Gasteiger partial charge in [-0.15, -0.1) is 0 Å². The van der Waals surface area contributed by atoms with E-state index in [0.29, 0.717) is 0 Å². The topological polar surface area (TPSA) is 42.3 Å². The second kappa shape index (κ2) is 5.54. The minimum absolute atomic E-state index is 0.162. The van der Waals surface area contributed by atoms with Crippen LogP contribution in [-0.4, -0.2) is 40.7 Å². The lowest BCUT2D eigenvalue weighted by atomic mass is 10.2. The molecule has 0 saturated carbocycles. The fourth-order valence-electron chi connectivity index (χ4n) is 2.46. The van der Waals surface area contributed by atoms with Gasteiger partial charge in [0.15, 0.2) is 0 Å². The highest BCUT2D eigenvalue weighted by Gasteiger charge is 2.20. The molecule has 1 atom stereocenters. The number of fused-ring (bicyclic) bond motifs is 1. The monoisotopic (exact) mass is 272 g/mol. The Morgan fingerprint density at radius 3 is 3.10 bits per heavy atom. The number of aryl methyl sites for hydroxylation is 1. The van der Waals surface area contributed by atoms with Crippen molar-refractivity contribution in [3.8, 4) is 5.75 Å². The van der Waals surface area contributed by atoms with Crippen molar-refractivity contribution in [2.24, 2.45) is 7.05 Å². The molecule has 1 aromatic carbocycles. The third-order valence-electron chi connectivity index (χ3n) is 3.55. The van der Waals surface area contributed by atoms with Crippen LogP contribution < -0.4 is 10.1 Å². The molecule has 0 fully saturated rings. The van der Waals surface area contributed by atoms with Crippen LogP contribution in [0.5, 0.6) is 5.75 Å². The predicted octanol–water partition coefficient (Wildman–Crippen LogP) is 1.72. The molecule has 2 aromatic rings. The smallest absolute Gasteiger partial charge is 0.142 e. The molecule has 0 radical (unpaired) electrons. The van der Waals surface area contributed by atoms with Crippen LogP contribution in [0.1, 0.15) is 5.82 Å². The SMILES string of the molecule is CN(Cc1nccn1C)CC1CNc2ccccc2O1. The van der Waals surface area contributed by atoms with E-state index in [4.69, 9.17) is 4.74 Å². The summed E-state index contributed by atoms with van der Waals surface area (Å²) >= 11 is 0. The quantitative estimate of drug-likeness (QED) is 0.920. The van der Waals surface area contributed by atoms with Crippen molar-refractivity contribution in [2.45, 2.75) is 12.6 Å². The lowest BCUT2D eigenvalue weighted by molar-refractivity contribution is 0.146. The Labute approximate surface area is 119 Å². The van der Waals surface area contributed by atoms with E-state index in [0.717, 1.165) is 36.9 Å². The standard InChI is InChI=1S/C15H20N4O/c1-18(11-15-16-7-8-19(15)2)10-12-9-17-13-5-3-4-6-14(13)20-12/h3-8,12,17H,9-11H2,1-2H3. The summed E-state index contributed by atoms with van der Waals surface area (Å²) < 4.78 is 8.07. The highest BCUT2D eigenvalue weighted by molar-refractivity contribution is 5.57. The van der Waals surface area contributed by atoms with Gasteiger partial charge in [-0.1, -0.05) is 12.1 Å². The Balaban J connectivity index is 1.58. The summed E-state index contributed by atoms with van der Waals surface area (Å²) in [5.74, 6) is 2.01. The first-order valence-corrected chi connectivity index (χ1v) is 6.86. The zero-order chi connectivity index (χ0) is 13.9. The Bertz CT molecular complexity index is 581. The summed E-state index contributed by atoms with van der Waals surface area (Å²) in [5, 5.41) is 3.42. The molecule has 5 nitrogen and oxygen atoms in total. The third-order valence-corrected chi connectivity index (χ3v) is 3.55. The highest BCUT2D eigenvalue weighted by atomic mass is 16.5. The minimum atomic E-state index is 0.162. The summed E-state index contributed by atoms with van der Waals surface area (Å²) in [6.45, 7) is 2.53. The van der Waals surface area contributed by atoms with Gasteiger partial charge in [-0.25, -0.2) is 4.98 Å². The van der Waals surface area contributed by atoms with Crippen molar-refractivity contribution in [1.82, 2.24) is 14.5 Å². The van der Waals surface area contributed by atoms with Crippen LogP contribution in [0.3, 0.4) is 0 Å². The maximum Gasteiger partial charge on any atom is 0.142 e. The third kappa shape index (κ3) is 2.77. The normalized spacial score (nSPS) is 17.4. The lowest BCUT2D eigenvalue weighted by Crippen LogP contribution is -2.40. The molecule has 0 amide bonds. The molecule has 1 unspecified atom stereocenters. The number of hydrogen-bond acceptors (Lipinski definition) is 4. The van der Waals surface area contributed by atoms with Gasteiger partial charge in [-0.3, -0.25) is 4.90 Å². The number of nitrogens with one attached hydrogen (secondary N) is 1. The number of imidazole rings is 1. The largest absolute Gasteiger partial charge is 0.485 e. The zero-order valence-corrected chi connectivity index (χ0v) is 11.9. The van der Waals surface area contributed by atoms with Crippen molar-refractivity contribution in [1.29, 1.82) is 0 Å². The van der Waals surface area contributed by atoms with Crippen LogP contribution in [0.15, 0.2) is 36.7 Å². The summed E-state index contributed by atoms with van der Waals surface area (Å²) in [6, 6.07) is 8.07. The van der Waals surface area contributed by atoms with Gasteiger partial charge in [0.2, 0.25) is 0 Å². The Morgan fingerprint density at radius 2 is 2.30 bits per heavy atom. The van der Waals surface area contributed by atoms with E-state index in [1.165, 1.54) is 0 Å². The Morgan fingerprint density at radius 1 is 1.45 bits per heavy atom. The van der Waals surface area contributed by atoms with Crippen molar-refractivity contribution in [3.63, 3.8) is 0 Å². The molecule has 5 heteroatoms. The molecule has 3 rings (SSSR count). The number of nitrogens with zero attached hydrogens (tertiary/aromatic N) is 3. The highest BCUT2D eigenvalue weighted by Crippen LogP contribution is 2.28. The van der Waals surface area contributed by atoms with Crippen LogP contribution in [0.4, 0.5) is 5.69 Å². The zero-order valence-electron chi connectivity index (χ0n) is 11.9. The molecular weight excluding hydrogens is 252 g/mol. The Hall–Kier alpha value is -2.01. The lowest BCUT2D eigenvalue weighted by Gasteiger charge is -2.30. The number of aromatic nitrogens is 2. The molecule has 0 saturated heterocycles. The maximum atomic E-state index is 6.02. The van der Waals surface area contributed by atoms with Crippen LogP contribution in [0, 0.1) is 0 Å². The van der Waals surface area contributed by atoms with Gasteiger partial charge in [0.05, 0.1) is 18.8 Å². The number of anilines is 1. The first-order chi connectivity index (χ1) is 9.72. The van der Waals surface area contributed by atoms with Gasteiger partial charge in [0.1, 0.15) is 17.7 Å². The number of likely N-dealkylation sites (N-methyl/N-ethyl adjacent to an activating group) is 1. The number of rotatable bonds is 4. The van der Waals surface area contributed by atoms with Crippen LogP contribution >= 0.6 is 0 Å². The summed E-state index contributed by atoms with van der Waals surface area (Å²) in [4.78, 5) is 6.59. The number of benzene rings is 1. The molecular formula is C15H20N4O. The predicted molar refractivity (Wildman–Crippen MR) is 78.9 cm³/mol. The van der Waals surface area contributed by atoms with Crippen LogP contribution in [-0.2, 0) is 13.6 Å². The van der Waals surface area contributed by atoms with E-state index >= 15 is 0 Å². The summed E-state index contributed by atoms with van der Waals surface area (Å²) in [6.07, 6.45) is 3.96. The fourth-order valence-corrected chi connectivity index (χ4v) is 2.46. The molecule has 1 aliphatic heterocycles. The van der Waals surface area contributed by atoms with Crippen LogP contribution in [0.25, 0.3) is 0 Å². The summed E-state index contributed by atoms with van der Waals surface area (Å²) in [7, 11) is 4.11. The number of para-hydroxylation sites is 2. The molecule has 106 valence electrons. The van der Waals surface area contributed by atoms with Gasteiger partial charge in [0, 0.05) is 26.0 Å². The van der Waals surface area contributed by atoms with E-state index in [9.17, 15) is 0 Å². The first kappa shape index (κ1) is 13.0. The van der Waals surface area contributed by atoms with Gasteiger partial charge < -0.3 is 14.6 Å². The van der Waals surface area contributed by atoms with Crippen molar-refractivity contribution in [2.75, 3.05) is 25.5 Å². The summed E-state index contributed by atoms with van der Waals surface area (Å²) in [5.41, 5.74) is 1.08. The molecule has 1 aromatic heterocycles. The fraction of sp³-hybridized carbons (Fsp3) is 0.400. The van der Waals surface area contributed by atoms with Crippen LogP contribution in [0.2, 0.25) is 0 Å². The van der Waals surface area contributed by atoms with Gasteiger partial charge in [0.25, 0.3) is 0 Å². The van der Waals surface area contributed by atoms with Crippen molar-refractivity contribution >= 4 is 5.69 Å². The van der Waals surface area contributed by atoms with E-state index in [1.807, 2.05) is 48.3 Å². The van der Waals surface area contributed by atoms with Crippen molar-refractivity contribution < 1.29 is 4.74 Å². The molecule has 0 aliphatic carbocycles. The minimum Gasteiger partial charge on any atom is -0.485 e. The second-order valence-electron chi connectivity index (χ2n) is 5.27. The van der Waals surface area contributed by atoms with E-state index in [2.05, 4.69) is 22.2 Å². The average Bonchev–Trinajstić information content (AvgIpc) is 2.84. The first-order valence-electron chi connectivity index (χ1n) is 6.86. The second-order valence-corrected chi connectivity index (χ2v) is 5.27.